The summed E-state index contributed by atoms with van der Waals surface area (Å²) in [4.78, 5) is 36.5. The first-order chi connectivity index (χ1) is 24.6. The Labute approximate surface area is 300 Å². The minimum atomic E-state index is -0.659. The Kier molecular flexibility index (Phi) is 12.8. The second-order valence-electron chi connectivity index (χ2n) is 13.8. The van der Waals surface area contributed by atoms with E-state index in [0.29, 0.717) is 40.4 Å². The fourth-order valence-corrected chi connectivity index (χ4v) is 7.25. The Balaban J connectivity index is 1.31. The Morgan fingerprint density at radius 3 is 1.75 bits per heavy atom. The van der Waals surface area contributed by atoms with Gasteiger partial charge < -0.3 is 24.1 Å². The fraction of sp³-hybridized carbons (Fsp3) is 0.372. The van der Waals surface area contributed by atoms with Crippen LogP contribution in [0.4, 0.5) is 0 Å². The highest BCUT2D eigenvalue weighted by atomic mass is 16.5. The van der Waals surface area contributed by atoms with Crippen LogP contribution in [0.3, 0.4) is 0 Å². The number of aliphatic hydroxyl groups is 1. The Morgan fingerprint density at radius 2 is 1.20 bits per heavy atom. The van der Waals surface area contributed by atoms with E-state index in [2.05, 4.69) is 37.9 Å². The van der Waals surface area contributed by atoms with Gasteiger partial charge in [-0.3, -0.25) is 0 Å². The van der Waals surface area contributed by atoms with Crippen LogP contribution in [0.25, 0.3) is 22.3 Å². The normalized spacial score (nSPS) is 20.1. The molecular weight excluding hydrogens is 644 g/mol. The van der Waals surface area contributed by atoms with E-state index in [-0.39, 0.29) is 24.3 Å². The second kappa shape index (κ2) is 17.4. The van der Waals surface area contributed by atoms with Gasteiger partial charge in [-0.2, -0.15) is 0 Å². The van der Waals surface area contributed by atoms with Crippen LogP contribution in [0.1, 0.15) is 69.8 Å². The molecular formula is C43H48O8. The predicted octanol–water partition coefficient (Wildman–Crippen LogP) is 8.53. The van der Waals surface area contributed by atoms with Crippen molar-refractivity contribution in [2.75, 3.05) is 20.3 Å². The standard InChI is InChI=1S/C43H48O8/c1-27(2)41(45)49-36-21-14-33(15-22-36)39-23-16-35(32-12-19-37(20-13-32)50-42(46)28(3)25-44)24-40(39)34-8-6-30(7-9-34)31-10-17-38(18-11-31)51-43(47)29(4)26-48-5/h12-16,19-24,30-31,34,38,44H,1,3-4,6-11,17-18,25-26H2,2,5H3. The van der Waals surface area contributed by atoms with Crippen molar-refractivity contribution in [3.05, 3.63) is 109 Å². The Morgan fingerprint density at radius 1 is 0.667 bits per heavy atom. The molecule has 2 saturated carbocycles. The molecule has 2 fully saturated rings. The number of methoxy groups -OCH3 is 1. The van der Waals surface area contributed by atoms with Gasteiger partial charge >= 0.3 is 17.9 Å². The topological polar surface area (TPSA) is 108 Å². The highest BCUT2D eigenvalue weighted by Gasteiger charge is 2.33. The van der Waals surface area contributed by atoms with Crippen LogP contribution in [0.15, 0.2) is 103 Å². The van der Waals surface area contributed by atoms with Crippen LogP contribution >= 0.6 is 0 Å². The third-order valence-corrected chi connectivity index (χ3v) is 10.1. The highest BCUT2D eigenvalue weighted by Crippen LogP contribution is 2.46. The number of ether oxygens (including phenoxy) is 4. The van der Waals surface area contributed by atoms with E-state index in [1.54, 1.807) is 26.2 Å². The van der Waals surface area contributed by atoms with Gasteiger partial charge in [0.25, 0.3) is 0 Å². The first kappa shape index (κ1) is 37.5. The number of rotatable bonds is 13. The van der Waals surface area contributed by atoms with Crippen molar-refractivity contribution in [2.24, 2.45) is 11.8 Å². The number of aliphatic hydroxyl groups excluding tert-OH is 1. The van der Waals surface area contributed by atoms with Gasteiger partial charge in [-0.1, -0.05) is 62.2 Å². The minimum absolute atomic E-state index is 0.00503. The monoisotopic (exact) mass is 692 g/mol. The average molecular weight is 693 g/mol. The van der Waals surface area contributed by atoms with Gasteiger partial charge in [0, 0.05) is 12.7 Å². The number of hydrogen-bond donors (Lipinski definition) is 1. The number of carbonyl (C=O) groups excluding carboxylic acids is 3. The summed E-state index contributed by atoms with van der Waals surface area (Å²) >= 11 is 0. The molecule has 0 atom stereocenters. The first-order valence-corrected chi connectivity index (χ1v) is 17.7. The van der Waals surface area contributed by atoms with Crippen molar-refractivity contribution < 1.29 is 38.4 Å². The van der Waals surface area contributed by atoms with Crippen LogP contribution in [0.2, 0.25) is 0 Å². The molecule has 0 radical (unpaired) electrons. The summed E-state index contributed by atoms with van der Waals surface area (Å²) in [7, 11) is 1.54. The van der Waals surface area contributed by atoms with Crippen molar-refractivity contribution in [1.82, 2.24) is 0 Å². The summed E-state index contributed by atoms with van der Waals surface area (Å²) in [6.07, 6.45) is 8.27. The Bertz CT molecular complexity index is 1740. The number of esters is 3. The van der Waals surface area contributed by atoms with Crippen molar-refractivity contribution in [1.29, 1.82) is 0 Å². The summed E-state index contributed by atoms with van der Waals surface area (Å²) in [5, 5.41) is 9.18. The minimum Gasteiger partial charge on any atom is -0.459 e. The predicted molar refractivity (Wildman–Crippen MR) is 197 cm³/mol. The van der Waals surface area contributed by atoms with E-state index in [0.717, 1.165) is 73.6 Å². The van der Waals surface area contributed by atoms with E-state index in [1.165, 1.54) is 5.56 Å². The number of carbonyl (C=O) groups is 3. The van der Waals surface area contributed by atoms with Gasteiger partial charge in [-0.05, 0) is 128 Å². The van der Waals surface area contributed by atoms with Gasteiger partial charge in [0.2, 0.25) is 0 Å². The van der Waals surface area contributed by atoms with Crippen LogP contribution in [0.5, 0.6) is 11.5 Å². The lowest BCUT2D eigenvalue weighted by molar-refractivity contribution is -0.147. The smallest absolute Gasteiger partial charge is 0.341 e. The van der Waals surface area contributed by atoms with E-state index < -0.39 is 18.5 Å². The summed E-state index contributed by atoms with van der Waals surface area (Å²) in [5.41, 5.74) is 6.20. The van der Waals surface area contributed by atoms with E-state index in [9.17, 15) is 19.5 Å². The molecule has 0 saturated heterocycles. The van der Waals surface area contributed by atoms with Crippen LogP contribution in [-0.2, 0) is 23.9 Å². The maximum atomic E-state index is 12.3. The van der Waals surface area contributed by atoms with Crippen molar-refractivity contribution in [3.63, 3.8) is 0 Å². The van der Waals surface area contributed by atoms with Crippen molar-refractivity contribution >= 4 is 17.9 Å². The summed E-state index contributed by atoms with van der Waals surface area (Å²) < 4.78 is 21.5. The molecule has 0 heterocycles. The molecule has 0 aromatic heterocycles. The summed E-state index contributed by atoms with van der Waals surface area (Å²) in [6.45, 7) is 12.3. The van der Waals surface area contributed by atoms with Crippen molar-refractivity contribution in [3.8, 4) is 33.8 Å². The molecule has 5 rings (SSSR count). The molecule has 1 N–H and O–H groups in total. The largest absolute Gasteiger partial charge is 0.459 e. The van der Waals surface area contributed by atoms with Gasteiger partial charge in [0.1, 0.15) is 17.6 Å². The third kappa shape index (κ3) is 9.72. The van der Waals surface area contributed by atoms with Gasteiger partial charge in [0.05, 0.1) is 24.4 Å². The molecule has 0 spiro atoms. The lowest BCUT2D eigenvalue weighted by atomic mass is 9.69. The molecule has 8 heteroatoms. The van der Waals surface area contributed by atoms with E-state index in [1.807, 2.05) is 36.4 Å². The number of hydrogen-bond acceptors (Lipinski definition) is 8. The average Bonchev–Trinajstić information content (AvgIpc) is 3.15. The Hall–Kier alpha value is -4.79. The zero-order valence-electron chi connectivity index (χ0n) is 29.7. The molecule has 3 aromatic rings. The quantitative estimate of drug-likeness (QED) is 0.108. The molecule has 3 aromatic carbocycles. The fourth-order valence-electron chi connectivity index (χ4n) is 7.25. The third-order valence-electron chi connectivity index (χ3n) is 10.1. The maximum Gasteiger partial charge on any atom is 0.341 e. The molecule has 268 valence electrons. The SMILES string of the molecule is C=C(C)C(=O)Oc1ccc(-c2ccc(-c3ccc(OC(=O)C(=C)CO)cc3)cc2C2CCC(C3CCC(OC(=O)C(=C)COC)CC3)CC2)cc1. The molecule has 0 amide bonds. The van der Waals surface area contributed by atoms with Crippen LogP contribution in [-0.4, -0.2) is 49.4 Å². The van der Waals surface area contributed by atoms with Gasteiger partial charge in [-0.15, -0.1) is 0 Å². The lowest BCUT2D eigenvalue weighted by Gasteiger charge is -2.38. The summed E-state index contributed by atoms with van der Waals surface area (Å²) in [6, 6.07) is 21.5. The van der Waals surface area contributed by atoms with E-state index in [4.69, 9.17) is 18.9 Å². The zero-order valence-corrected chi connectivity index (χ0v) is 29.7. The number of benzene rings is 3. The van der Waals surface area contributed by atoms with Gasteiger partial charge in [-0.25, -0.2) is 14.4 Å². The molecule has 8 nitrogen and oxygen atoms in total. The first-order valence-electron chi connectivity index (χ1n) is 17.7. The van der Waals surface area contributed by atoms with Crippen molar-refractivity contribution in [2.45, 2.75) is 70.3 Å². The lowest BCUT2D eigenvalue weighted by Crippen LogP contribution is -2.30. The molecule has 0 bridgehead atoms. The molecule has 51 heavy (non-hydrogen) atoms. The molecule has 2 aliphatic carbocycles. The molecule has 2 aliphatic rings. The molecule has 0 unspecified atom stereocenters. The highest BCUT2D eigenvalue weighted by molar-refractivity contribution is 5.90. The zero-order chi connectivity index (χ0) is 36.5. The second-order valence-corrected chi connectivity index (χ2v) is 13.8. The maximum absolute atomic E-state index is 12.3. The van der Waals surface area contributed by atoms with Crippen LogP contribution < -0.4 is 9.47 Å². The molecule has 0 aliphatic heterocycles. The van der Waals surface area contributed by atoms with Crippen LogP contribution in [0, 0.1) is 11.8 Å². The van der Waals surface area contributed by atoms with E-state index >= 15 is 0 Å². The summed E-state index contributed by atoms with van der Waals surface area (Å²) in [5.74, 6) is 1.02. The van der Waals surface area contributed by atoms with Gasteiger partial charge in [0.15, 0.2) is 0 Å².